The van der Waals surface area contributed by atoms with Crippen LogP contribution in [0.4, 0.5) is 8.78 Å². The van der Waals surface area contributed by atoms with Crippen molar-refractivity contribution in [3.8, 4) is 0 Å². The molecule has 2 heterocycles. The van der Waals surface area contributed by atoms with Crippen molar-refractivity contribution in [2.24, 2.45) is 0 Å². The van der Waals surface area contributed by atoms with Crippen LogP contribution < -0.4 is 5.32 Å². The maximum absolute atomic E-state index is 13.8. The van der Waals surface area contributed by atoms with Crippen molar-refractivity contribution in [1.82, 2.24) is 15.2 Å². The maximum Gasteiger partial charge on any atom is 0.259 e. The second-order valence-electron chi connectivity index (χ2n) is 8.84. The van der Waals surface area contributed by atoms with Crippen molar-refractivity contribution in [2.75, 3.05) is 6.54 Å². The summed E-state index contributed by atoms with van der Waals surface area (Å²) in [6.45, 7) is 4.21. The molecular weight excluding hydrogens is 424 g/mol. The van der Waals surface area contributed by atoms with Crippen molar-refractivity contribution >= 4 is 28.3 Å². The predicted molar refractivity (Wildman–Crippen MR) is 122 cm³/mol. The Morgan fingerprint density at radius 3 is 2.55 bits per heavy atom. The van der Waals surface area contributed by atoms with Gasteiger partial charge < -0.3 is 15.2 Å². The number of nitrogens with one attached hydrogen (secondary N) is 2. The van der Waals surface area contributed by atoms with Gasteiger partial charge >= 0.3 is 0 Å². The van der Waals surface area contributed by atoms with Crippen LogP contribution in [0.5, 0.6) is 0 Å². The summed E-state index contributed by atoms with van der Waals surface area (Å²) >= 11 is 0. The van der Waals surface area contributed by atoms with Gasteiger partial charge in [-0.1, -0.05) is 38.1 Å². The first kappa shape index (κ1) is 20.9. The zero-order valence-electron chi connectivity index (χ0n) is 18.1. The summed E-state index contributed by atoms with van der Waals surface area (Å²) in [4.78, 5) is 31.4. The van der Waals surface area contributed by atoms with E-state index in [-0.39, 0.29) is 23.6 Å². The molecule has 2 amide bonds. The molecule has 0 atom stereocenters. The van der Waals surface area contributed by atoms with Crippen LogP contribution in [0.2, 0.25) is 0 Å². The summed E-state index contributed by atoms with van der Waals surface area (Å²) in [6, 6.07) is 10.8. The number of H-pyrrole nitrogens is 1. The maximum atomic E-state index is 13.8. The molecule has 0 bridgehead atoms. The first-order valence-corrected chi connectivity index (χ1v) is 10.5. The van der Waals surface area contributed by atoms with Crippen LogP contribution in [0.15, 0.2) is 72.6 Å². The molecule has 0 saturated heterocycles. The number of carbonyl (C=O) groups is 2. The Kier molecular flexibility index (Phi) is 4.78. The molecule has 166 valence electrons. The van der Waals surface area contributed by atoms with Crippen molar-refractivity contribution in [3.63, 3.8) is 0 Å². The largest absolute Gasteiger partial charge is 0.354 e. The molecule has 2 N–H and O–H groups in total. The van der Waals surface area contributed by atoms with Crippen LogP contribution in [-0.4, -0.2) is 28.2 Å². The molecule has 1 aromatic heterocycles. The van der Waals surface area contributed by atoms with E-state index in [4.69, 9.17) is 0 Å². The fourth-order valence-electron chi connectivity index (χ4n) is 4.39. The Hall–Kier alpha value is -4.00. The fourth-order valence-corrected chi connectivity index (χ4v) is 4.39. The number of amides is 2. The lowest BCUT2D eigenvalue weighted by atomic mass is 9.81. The number of aromatic amines is 1. The molecule has 0 saturated carbocycles. The van der Waals surface area contributed by atoms with Crippen LogP contribution in [0, 0.1) is 11.6 Å². The minimum absolute atomic E-state index is 0.000705. The lowest BCUT2D eigenvalue weighted by Crippen LogP contribution is -2.37. The van der Waals surface area contributed by atoms with E-state index >= 15 is 0 Å². The second-order valence-corrected chi connectivity index (χ2v) is 8.84. The highest BCUT2D eigenvalue weighted by Crippen LogP contribution is 2.40. The van der Waals surface area contributed by atoms with E-state index in [1.807, 2.05) is 44.2 Å². The molecule has 1 aliphatic heterocycles. The van der Waals surface area contributed by atoms with Gasteiger partial charge in [-0.3, -0.25) is 9.59 Å². The summed E-state index contributed by atoms with van der Waals surface area (Å²) in [5.41, 5.74) is 2.82. The van der Waals surface area contributed by atoms with E-state index in [2.05, 4.69) is 10.3 Å². The van der Waals surface area contributed by atoms with Gasteiger partial charge in [0.1, 0.15) is 0 Å². The van der Waals surface area contributed by atoms with Gasteiger partial charge in [-0.2, -0.15) is 0 Å². The number of hydrogen-bond acceptors (Lipinski definition) is 2. The topological polar surface area (TPSA) is 65.2 Å². The summed E-state index contributed by atoms with van der Waals surface area (Å²) in [5, 5.41) is 3.80. The Morgan fingerprint density at radius 1 is 1.09 bits per heavy atom. The number of carbonyl (C=O) groups excluding carboxylic acids is 2. The van der Waals surface area contributed by atoms with Gasteiger partial charge in [0, 0.05) is 40.3 Å². The minimum Gasteiger partial charge on any atom is -0.354 e. The third-order valence-corrected chi connectivity index (χ3v) is 5.98. The lowest BCUT2D eigenvalue weighted by molar-refractivity contribution is -0.114. The summed E-state index contributed by atoms with van der Waals surface area (Å²) in [6.07, 6.45) is 6.85. The number of fused-ring (bicyclic) bond motifs is 3. The molecule has 0 spiro atoms. The SMILES string of the molecule is CC1(C)CN(C(=O)c2ccc(F)c(F)c2)C=C(C(=O)NC2=CC=C2)c2[nH]c3ccccc3c21. The van der Waals surface area contributed by atoms with Crippen LogP contribution in [0.1, 0.15) is 35.5 Å². The number of nitrogens with zero attached hydrogens (tertiary/aromatic N) is 1. The number of para-hydroxylation sites is 1. The van der Waals surface area contributed by atoms with Gasteiger partial charge in [-0.05, 0) is 42.0 Å². The van der Waals surface area contributed by atoms with Gasteiger partial charge in [-0.15, -0.1) is 0 Å². The number of hydrogen-bond donors (Lipinski definition) is 2. The van der Waals surface area contributed by atoms with Crippen molar-refractivity contribution in [3.05, 3.63) is 101 Å². The molecule has 5 nitrogen and oxygen atoms in total. The number of benzene rings is 2. The summed E-state index contributed by atoms with van der Waals surface area (Å²) < 4.78 is 27.3. The van der Waals surface area contributed by atoms with E-state index in [9.17, 15) is 18.4 Å². The molecular formula is C26H21F2N3O2. The van der Waals surface area contributed by atoms with E-state index < -0.39 is 23.0 Å². The molecule has 0 fully saturated rings. The zero-order valence-corrected chi connectivity index (χ0v) is 18.1. The molecule has 0 unspecified atom stereocenters. The monoisotopic (exact) mass is 445 g/mol. The van der Waals surface area contributed by atoms with Crippen LogP contribution in [0.3, 0.4) is 0 Å². The van der Waals surface area contributed by atoms with Gasteiger partial charge in [0.25, 0.3) is 11.8 Å². The second kappa shape index (κ2) is 7.55. The van der Waals surface area contributed by atoms with Gasteiger partial charge in [0.2, 0.25) is 0 Å². The molecule has 2 aromatic carbocycles. The highest BCUT2D eigenvalue weighted by Gasteiger charge is 2.37. The highest BCUT2D eigenvalue weighted by atomic mass is 19.2. The number of allylic oxidation sites excluding steroid dienone is 3. The molecule has 3 aromatic rings. The lowest BCUT2D eigenvalue weighted by Gasteiger charge is -2.29. The smallest absolute Gasteiger partial charge is 0.259 e. The third kappa shape index (κ3) is 3.55. The molecule has 1 aliphatic carbocycles. The third-order valence-electron chi connectivity index (χ3n) is 5.98. The number of halogens is 2. The molecule has 7 heteroatoms. The van der Waals surface area contributed by atoms with E-state index in [0.717, 1.165) is 28.6 Å². The van der Waals surface area contributed by atoms with Crippen molar-refractivity contribution in [2.45, 2.75) is 19.3 Å². The number of aromatic nitrogens is 1. The average Bonchev–Trinajstić information content (AvgIpc) is 3.10. The summed E-state index contributed by atoms with van der Waals surface area (Å²) in [5.74, 6) is -3.03. The number of rotatable bonds is 3. The van der Waals surface area contributed by atoms with Gasteiger partial charge in [-0.25, -0.2) is 8.78 Å². The first-order valence-electron chi connectivity index (χ1n) is 10.5. The zero-order chi connectivity index (χ0) is 23.3. The van der Waals surface area contributed by atoms with Crippen molar-refractivity contribution in [1.29, 1.82) is 0 Å². The first-order chi connectivity index (χ1) is 15.7. The average molecular weight is 445 g/mol. The Morgan fingerprint density at radius 2 is 1.85 bits per heavy atom. The predicted octanol–water partition coefficient (Wildman–Crippen LogP) is 4.79. The van der Waals surface area contributed by atoms with Crippen molar-refractivity contribution < 1.29 is 18.4 Å². The van der Waals surface area contributed by atoms with E-state index in [1.54, 1.807) is 12.2 Å². The Bertz CT molecular complexity index is 1410. The van der Waals surface area contributed by atoms with E-state index in [0.29, 0.717) is 11.4 Å². The molecule has 2 aliphatic rings. The Balaban J connectivity index is 1.65. The van der Waals surface area contributed by atoms with Crippen LogP contribution in [0.25, 0.3) is 16.5 Å². The quantitative estimate of drug-likeness (QED) is 0.609. The normalized spacial score (nSPS) is 16.4. The fraction of sp³-hybridized carbons (Fsp3) is 0.154. The standard InChI is InChI=1S/C26H21F2N3O2/c1-26(2)14-31(25(33)15-10-11-19(27)20(28)12-15)13-18(24(32)29-16-6-5-7-16)23-22(26)17-8-3-4-9-21(17)30-23/h3-13,30H,14H2,1-2H3,(H,29,32). The highest BCUT2D eigenvalue weighted by molar-refractivity contribution is 6.22. The molecule has 0 radical (unpaired) electrons. The molecule has 5 rings (SSSR count). The molecule has 33 heavy (non-hydrogen) atoms. The Labute approximate surface area is 189 Å². The van der Waals surface area contributed by atoms with E-state index in [1.165, 1.54) is 17.2 Å². The van der Waals surface area contributed by atoms with Gasteiger partial charge in [0.15, 0.2) is 11.6 Å². The summed E-state index contributed by atoms with van der Waals surface area (Å²) in [7, 11) is 0. The van der Waals surface area contributed by atoms with Gasteiger partial charge in [0.05, 0.1) is 11.3 Å². The van der Waals surface area contributed by atoms with Crippen LogP contribution in [-0.2, 0) is 10.2 Å². The van der Waals surface area contributed by atoms with Crippen LogP contribution >= 0.6 is 0 Å². The minimum atomic E-state index is -1.10.